The summed E-state index contributed by atoms with van der Waals surface area (Å²) >= 11 is 0. The number of methoxy groups -OCH3 is 1. The second-order valence-corrected chi connectivity index (χ2v) is 4.16. The Morgan fingerprint density at radius 1 is 1.35 bits per heavy atom. The fraction of sp³-hybridized carbons (Fsp3) is 0.462. The van der Waals surface area contributed by atoms with Gasteiger partial charge in [-0.2, -0.15) is 0 Å². The molecule has 1 saturated carbocycles. The van der Waals surface area contributed by atoms with Crippen LogP contribution < -0.4 is 10.1 Å². The van der Waals surface area contributed by atoms with Gasteiger partial charge in [-0.15, -0.1) is 0 Å². The monoisotopic (exact) mass is 235 g/mol. The van der Waals surface area contributed by atoms with Crippen LogP contribution in [-0.4, -0.2) is 19.8 Å². The molecule has 1 fully saturated rings. The van der Waals surface area contributed by atoms with Crippen molar-refractivity contribution in [3.63, 3.8) is 0 Å². The topological polar surface area (TPSA) is 47.6 Å². The van der Waals surface area contributed by atoms with Gasteiger partial charge in [0.15, 0.2) is 0 Å². The Labute approximate surface area is 101 Å². The smallest absolute Gasteiger partial charge is 0.407 e. The molecule has 2 rings (SSSR count). The molecule has 0 spiro atoms. The number of alkyl carbamates (subject to hydrolysis) is 1. The Balaban J connectivity index is 2.07. The van der Waals surface area contributed by atoms with Crippen LogP contribution in [0, 0.1) is 0 Å². The van der Waals surface area contributed by atoms with Crippen LogP contribution in [0.15, 0.2) is 24.3 Å². The lowest BCUT2D eigenvalue weighted by molar-refractivity contribution is 0.146. The summed E-state index contributed by atoms with van der Waals surface area (Å²) < 4.78 is 10.0. The van der Waals surface area contributed by atoms with Crippen molar-refractivity contribution < 1.29 is 14.3 Å². The fourth-order valence-electron chi connectivity index (χ4n) is 1.88. The van der Waals surface area contributed by atoms with Gasteiger partial charge in [0.1, 0.15) is 5.75 Å². The van der Waals surface area contributed by atoms with Crippen molar-refractivity contribution in [2.24, 2.45) is 0 Å². The molecule has 1 aliphatic carbocycles. The number of hydrogen-bond acceptors (Lipinski definition) is 3. The lowest BCUT2D eigenvalue weighted by atomic mass is 10.1. The third-order valence-corrected chi connectivity index (χ3v) is 3.01. The van der Waals surface area contributed by atoms with Gasteiger partial charge in [-0.05, 0) is 37.5 Å². The SMILES string of the molecule is CCOC(=O)NC1(c2ccc(OC)cc2)CC1. The summed E-state index contributed by atoms with van der Waals surface area (Å²) in [5.74, 6) is 0.820. The highest BCUT2D eigenvalue weighted by molar-refractivity contribution is 5.69. The molecule has 1 aliphatic rings. The quantitative estimate of drug-likeness (QED) is 0.871. The van der Waals surface area contributed by atoms with Gasteiger partial charge in [0.25, 0.3) is 0 Å². The largest absolute Gasteiger partial charge is 0.497 e. The average molecular weight is 235 g/mol. The lowest BCUT2D eigenvalue weighted by Crippen LogP contribution is -2.35. The van der Waals surface area contributed by atoms with Crippen molar-refractivity contribution in [3.8, 4) is 5.75 Å². The van der Waals surface area contributed by atoms with Gasteiger partial charge in [-0.25, -0.2) is 4.79 Å². The summed E-state index contributed by atoms with van der Waals surface area (Å²) in [4.78, 5) is 11.4. The maximum Gasteiger partial charge on any atom is 0.407 e. The number of amides is 1. The minimum absolute atomic E-state index is 0.224. The molecular weight excluding hydrogens is 218 g/mol. The van der Waals surface area contributed by atoms with Crippen molar-refractivity contribution in [1.82, 2.24) is 5.32 Å². The van der Waals surface area contributed by atoms with Crippen LogP contribution in [0.25, 0.3) is 0 Å². The van der Waals surface area contributed by atoms with Crippen LogP contribution in [0.3, 0.4) is 0 Å². The summed E-state index contributed by atoms with van der Waals surface area (Å²) in [6.45, 7) is 2.19. The Kier molecular flexibility index (Phi) is 3.22. The molecule has 4 heteroatoms. The van der Waals surface area contributed by atoms with E-state index in [-0.39, 0.29) is 11.6 Å². The molecule has 1 N–H and O–H groups in total. The summed E-state index contributed by atoms with van der Waals surface area (Å²) in [5.41, 5.74) is 0.879. The molecule has 0 unspecified atom stereocenters. The third kappa shape index (κ3) is 2.52. The Bertz CT molecular complexity index is 396. The minimum atomic E-state index is -0.346. The van der Waals surface area contributed by atoms with Gasteiger partial charge in [0.2, 0.25) is 0 Å². The molecule has 0 bridgehead atoms. The number of carbonyl (C=O) groups is 1. The fourth-order valence-corrected chi connectivity index (χ4v) is 1.88. The van der Waals surface area contributed by atoms with E-state index in [0.29, 0.717) is 6.61 Å². The zero-order valence-corrected chi connectivity index (χ0v) is 10.2. The summed E-state index contributed by atoms with van der Waals surface area (Å²) in [7, 11) is 1.64. The number of rotatable bonds is 4. The number of benzene rings is 1. The predicted octanol–water partition coefficient (Wildman–Crippen LogP) is 2.43. The van der Waals surface area contributed by atoms with Crippen molar-refractivity contribution >= 4 is 6.09 Å². The molecule has 4 nitrogen and oxygen atoms in total. The maximum atomic E-state index is 11.4. The van der Waals surface area contributed by atoms with E-state index in [2.05, 4.69) is 5.32 Å². The highest BCUT2D eigenvalue weighted by Gasteiger charge is 2.46. The van der Waals surface area contributed by atoms with Gasteiger partial charge < -0.3 is 14.8 Å². The van der Waals surface area contributed by atoms with Gasteiger partial charge in [-0.3, -0.25) is 0 Å². The molecule has 0 heterocycles. The van der Waals surface area contributed by atoms with E-state index in [9.17, 15) is 4.79 Å². The highest BCUT2D eigenvalue weighted by atomic mass is 16.5. The number of ether oxygens (including phenoxy) is 2. The first-order valence-corrected chi connectivity index (χ1v) is 5.79. The molecule has 0 radical (unpaired) electrons. The standard InChI is InChI=1S/C13H17NO3/c1-3-17-12(15)14-13(8-9-13)10-4-6-11(16-2)7-5-10/h4-7H,3,8-9H2,1-2H3,(H,14,15). The second-order valence-electron chi connectivity index (χ2n) is 4.16. The molecule has 0 aromatic heterocycles. The zero-order chi connectivity index (χ0) is 12.3. The molecule has 0 atom stereocenters. The van der Waals surface area contributed by atoms with E-state index in [1.807, 2.05) is 24.3 Å². The molecule has 0 aliphatic heterocycles. The van der Waals surface area contributed by atoms with E-state index in [4.69, 9.17) is 9.47 Å². The van der Waals surface area contributed by atoms with Crippen LogP contribution >= 0.6 is 0 Å². The van der Waals surface area contributed by atoms with E-state index in [1.165, 1.54) is 0 Å². The normalized spacial score (nSPS) is 16.1. The number of nitrogens with one attached hydrogen (secondary N) is 1. The van der Waals surface area contributed by atoms with E-state index < -0.39 is 0 Å². The lowest BCUT2D eigenvalue weighted by Gasteiger charge is -2.17. The molecular formula is C13H17NO3. The van der Waals surface area contributed by atoms with Gasteiger partial charge in [-0.1, -0.05) is 12.1 Å². The van der Waals surface area contributed by atoms with Crippen molar-refractivity contribution in [3.05, 3.63) is 29.8 Å². The molecule has 92 valence electrons. The van der Waals surface area contributed by atoms with Gasteiger partial charge in [0, 0.05) is 0 Å². The van der Waals surface area contributed by atoms with E-state index in [1.54, 1.807) is 14.0 Å². The van der Waals surface area contributed by atoms with Crippen LogP contribution in [0.4, 0.5) is 4.79 Å². The van der Waals surface area contributed by atoms with Crippen molar-refractivity contribution in [1.29, 1.82) is 0 Å². The first-order chi connectivity index (χ1) is 8.20. The van der Waals surface area contributed by atoms with Gasteiger partial charge >= 0.3 is 6.09 Å². The minimum Gasteiger partial charge on any atom is -0.497 e. The summed E-state index contributed by atoms with van der Waals surface area (Å²) in [6, 6.07) is 7.78. The highest BCUT2D eigenvalue weighted by Crippen LogP contribution is 2.45. The Hall–Kier alpha value is -1.71. The average Bonchev–Trinajstić information content (AvgIpc) is 3.10. The molecule has 17 heavy (non-hydrogen) atoms. The molecule has 1 aromatic rings. The van der Waals surface area contributed by atoms with E-state index >= 15 is 0 Å². The summed E-state index contributed by atoms with van der Waals surface area (Å²) in [6.07, 6.45) is 1.57. The van der Waals surface area contributed by atoms with Crippen LogP contribution in [0.5, 0.6) is 5.75 Å². The van der Waals surface area contributed by atoms with Crippen LogP contribution in [-0.2, 0) is 10.3 Å². The number of carbonyl (C=O) groups excluding carboxylic acids is 1. The summed E-state index contributed by atoms with van der Waals surface area (Å²) in [5, 5.41) is 2.92. The molecule has 0 saturated heterocycles. The molecule has 1 amide bonds. The molecule has 1 aromatic carbocycles. The van der Waals surface area contributed by atoms with Gasteiger partial charge in [0.05, 0.1) is 19.3 Å². The van der Waals surface area contributed by atoms with Crippen LogP contribution in [0.2, 0.25) is 0 Å². The predicted molar refractivity (Wildman–Crippen MR) is 64.1 cm³/mol. The van der Waals surface area contributed by atoms with Crippen molar-refractivity contribution in [2.45, 2.75) is 25.3 Å². The third-order valence-electron chi connectivity index (χ3n) is 3.01. The van der Waals surface area contributed by atoms with Crippen LogP contribution in [0.1, 0.15) is 25.3 Å². The second kappa shape index (κ2) is 4.65. The first-order valence-electron chi connectivity index (χ1n) is 5.79. The zero-order valence-electron chi connectivity index (χ0n) is 10.2. The Morgan fingerprint density at radius 2 is 2.00 bits per heavy atom. The Morgan fingerprint density at radius 3 is 2.47 bits per heavy atom. The van der Waals surface area contributed by atoms with E-state index in [0.717, 1.165) is 24.2 Å². The number of hydrogen-bond donors (Lipinski definition) is 1. The van der Waals surface area contributed by atoms with Crippen molar-refractivity contribution in [2.75, 3.05) is 13.7 Å². The first kappa shape index (κ1) is 11.8. The maximum absolute atomic E-state index is 11.4.